The van der Waals surface area contributed by atoms with Gasteiger partial charge in [-0.1, -0.05) is 12.1 Å². The van der Waals surface area contributed by atoms with Crippen molar-refractivity contribution in [1.82, 2.24) is 20.3 Å². The molecule has 4 rings (SSSR count). The molecule has 0 saturated heterocycles. The van der Waals surface area contributed by atoms with Crippen LogP contribution in [0.25, 0.3) is 21.3 Å². The third-order valence-corrected chi connectivity index (χ3v) is 4.55. The van der Waals surface area contributed by atoms with E-state index in [2.05, 4.69) is 20.3 Å². The Morgan fingerprint density at radius 3 is 2.96 bits per heavy atom. The standard InChI is InChI=1S/C17H14N4OS/c1-10(16-20-12-4-2-3-5-13(12)21-16)19-17(22)11-6-7-14-15(8-11)23-9-18-14/h2-10H,1H3,(H,19,22)(H,20,21)/t10-/m1/s1. The number of benzene rings is 2. The number of thiazole rings is 1. The summed E-state index contributed by atoms with van der Waals surface area (Å²) in [6, 6.07) is 13.1. The van der Waals surface area contributed by atoms with E-state index in [9.17, 15) is 4.79 Å². The molecule has 0 saturated carbocycles. The number of carbonyl (C=O) groups excluding carboxylic acids is 1. The molecule has 0 aliphatic heterocycles. The number of hydrogen-bond acceptors (Lipinski definition) is 4. The number of fused-ring (bicyclic) bond motifs is 2. The molecule has 23 heavy (non-hydrogen) atoms. The molecule has 0 aliphatic rings. The third kappa shape index (κ3) is 2.57. The summed E-state index contributed by atoms with van der Waals surface area (Å²) in [4.78, 5) is 24.4. The molecule has 6 heteroatoms. The Bertz CT molecular complexity index is 971. The number of hydrogen-bond donors (Lipinski definition) is 2. The van der Waals surface area contributed by atoms with Crippen molar-refractivity contribution in [3.63, 3.8) is 0 Å². The van der Waals surface area contributed by atoms with Crippen LogP contribution in [0.15, 0.2) is 48.0 Å². The van der Waals surface area contributed by atoms with E-state index in [1.54, 1.807) is 11.6 Å². The van der Waals surface area contributed by atoms with Gasteiger partial charge in [-0.05, 0) is 37.3 Å². The van der Waals surface area contributed by atoms with E-state index in [4.69, 9.17) is 0 Å². The van der Waals surface area contributed by atoms with Crippen molar-refractivity contribution >= 4 is 38.5 Å². The predicted molar refractivity (Wildman–Crippen MR) is 91.6 cm³/mol. The van der Waals surface area contributed by atoms with Crippen molar-refractivity contribution in [2.24, 2.45) is 0 Å². The van der Waals surface area contributed by atoms with E-state index in [-0.39, 0.29) is 11.9 Å². The summed E-state index contributed by atoms with van der Waals surface area (Å²) in [5, 5.41) is 2.98. The normalized spacial score (nSPS) is 12.6. The molecule has 2 heterocycles. The van der Waals surface area contributed by atoms with Crippen LogP contribution in [-0.4, -0.2) is 20.9 Å². The molecule has 0 fully saturated rings. The van der Waals surface area contributed by atoms with Crippen molar-refractivity contribution in [3.05, 3.63) is 59.4 Å². The zero-order valence-corrected chi connectivity index (χ0v) is 13.2. The van der Waals surface area contributed by atoms with Crippen molar-refractivity contribution < 1.29 is 4.79 Å². The van der Waals surface area contributed by atoms with Crippen LogP contribution in [0.1, 0.15) is 29.1 Å². The Morgan fingerprint density at radius 2 is 2.09 bits per heavy atom. The van der Waals surface area contributed by atoms with Crippen LogP contribution in [-0.2, 0) is 0 Å². The molecular weight excluding hydrogens is 308 g/mol. The second-order valence-electron chi connectivity index (χ2n) is 5.37. The minimum absolute atomic E-state index is 0.117. The molecule has 4 aromatic rings. The first kappa shape index (κ1) is 13.9. The van der Waals surface area contributed by atoms with Gasteiger partial charge >= 0.3 is 0 Å². The number of nitrogens with zero attached hydrogens (tertiary/aromatic N) is 2. The molecule has 2 aromatic heterocycles. The Kier molecular flexibility index (Phi) is 3.31. The maximum absolute atomic E-state index is 12.4. The summed E-state index contributed by atoms with van der Waals surface area (Å²) in [5.41, 5.74) is 5.19. The van der Waals surface area contributed by atoms with Gasteiger partial charge in [0.05, 0.1) is 32.8 Å². The first-order valence-electron chi connectivity index (χ1n) is 7.29. The van der Waals surface area contributed by atoms with Gasteiger partial charge < -0.3 is 10.3 Å². The summed E-state index contributed by atoms with van der Waals surface area (Å²) in [6.07, 6.45) is 0. The smallest absolute Gasteiger partial charge is 0.251 e. The topological polar surface area (TPSA) is 70.7 Å². The van der Waals surface area contributed by atoms with Gasteiger partial charge in [0, 0.05) is 5.56 Å². The van der Waals surface area contributed by atoms with E-state index in [0.29, 0.717) is 5.56 Å². The SMILES string of the molecule is C[C@@H](NC(=O)c1ccc2ncsc2c1)c1nc2ccccc2[nH]1. The first-order valence-corrected chi connectivity index (χ1v) is 8.17. The fraction of sp³-hybridized carbons (Fsp3) is 0.118. The lowest BCUT2D eigenvalue weighted by atomic mass is 10.2. The van der Waals surface area contributed by atoms with Gasteiger partial charge in [-0.25, -0.2) is 9.97 Å². The number of carbonyl (C=O) groups is 1. The maximum atomic E-state index is 12.4. The summed E-state index contributed by atoms with van der Waals surface area (Å²) >= 11 is 1.53. The molecule has 1 atom stereocenters. The van der Waals surface area contributed by atoms with Gasteiger partial charge in [0.25, 0.3) is 5.91 Å². The first-order chi connectivity index (χ1) is 11.2. The Hall–Kier alpha value is -2.73. The molecule has 0 aliphatic carbocycles. The molecule has 0 unspecified atom stereocenters. The average Bonchev–Trinajstić information content (AvgIpc) is 3.20. The zero-order valence-electron chi connectivity index (χ0n) is 12.4. The molecule has 0 bridgehead atoms. The van der Waals surface area contributed by atoms with E-state index in [1.165, 1.54) is 11.3 Å². The minimum Gasteiger partial charge on any atom is -0.342 e. The molecule has 114 valence electrons. The van der Waals surface area contributed by atoms with Gasteiger partial charge in [-0.3, -0.25) is 4.79 Å². The zero-order chi connectivity index (χ0) is 15.8. The molecule has 5 nitrogen and oxygen atoms in total. The summed E-state index contributed by atoms with van der Waals surface area (Å²) < 4.78 is 1.01. The molecule has 1 amide bonds. The lowest BCUT2D eigenvalue weighted by Crippen LogP contribution is -2.27. The van der Waals surface area contributed by atoms with Crippen LogP contribution in [0.5, 0.6) is 0 Å². The van der Waals surface area contributed by atoms with E-state index < -0.39 is 0 Å². The van der Waals surface area contributed by atoms with E-state index in [0.717, 1.165) is 27.1 Å². The van der Waals surface area contributed by atoms with Gasteiger partial charge in [-0.2, -0.15) is 0 Å². The minimum atomic E-state index is -0.202. The number of amides is 1. The molecule has 0 spiro atoms. The quantitative estimate of drug-likeness (QED) is 0.604. The van der Waals surface area contributed by atoms with E-state index in [1.807, 2.05) is 43.3 Å². The highest BCUT2D eigenvalue weighted by Gasteiger charge is 2.15. The second-order valence-corrected chi connectivity index (χ2v) is 6.26. The Morgan fingerprint density at radius 1 is 1.22 bits per heavy atom. The molecule has 0 radical (unpaired) electrons. The summed E-state index contributed by atoms with van der Waals surface area (Å²) in [7, 11) is 0. The van der Waals surface area contributed by atoms with Crippen LogP contribution in [0.3, 0.4) is 0 Å². The largest absolute Gasteiger partial charge is 0.342 e. The van der Waals surface area contributed by atoms with Crippen LogP contribution >= 0.6 is 11.3 Å². The maximum Gasteiger partial charge on any atom is 0.251 e. The Labute approximate surface area is 136 Å². The highest BCUT2D eigenvalue weighted by molar-refractivity contribution is 7.16. The highest BCUT2D eigenvalue weighted by Crippen LogP contribution is 2.20. The van der Waals surface area contributed by atoms with Crippen molar-refractivity contribution in [1.29, 1.82) is 0 Å². The number of imidazole rings is 1. The molecule has 2 aromatic carbocycles. The van der Waals surface area contributed by atoms with Gasteiger partial charge in [0.1, 0.15) is 5.82 Å². The van der Waals surface area contributed by atoms with E-state index >= 15 is 0 Å². The lowest BCUT2D eigenvalue weighted by Gasteiger charge is -2.11. The molecular formula is C17H14N4OS. The summed E-state index contributed by atoms with van der Waals surface area (Å²) in [5.74, 6) is 0.631. The lowest BCUT2D eigenvalue weighted by molar-refractivity contribution is 0.0938. The summed E-state index contributed by atoms with van der Waals surface area (Å²) in [6.45, 7) is 1.92. The third-order valence-electron chi connectivity index (χ3n) is 3.76. The second kappa shape index (κ2) is 5.48. The van der Waals surface area contributed by atoms with Gasteiger partial charge in [0.2, 0.25) is 0 Å². The van der Waals surface area contributed by atoms with Crippen molar-refractivity contribution in [3.8, 4) is 0 Å². The number of H-pyrrole nitrogens is 1. The Balaban J connectivity index is 1.57. The van der Waals surface area contributed by atoms with Crippen LogP contribution in [0, 0.1) is 0 Å². The van der Waals surface area contributed by atoms with Crippen LogP contribution in [0.2, 0.25) is 0 Å². The number of aromatic nitrogens is 3. The van der Waals surface area contributed by atoms with Gasteiger partial charge in [-0.15, -0.1) is 11.3 Å². The average molecular weight is 322 g/mol. The van der Waals surface area contributed by atoms with Crippen LogP contribution < -0.4 is 5.32 Å². The number of rotatable bonds is 3. The number of para-hydroxylation sites is 2. The molecule has 2 N–H and O–H groups in total. The van der Waals surface area contributed by atoms with Gasteiger partial charge in [0.15, 0.2) is 0 Å². The highest BCUT2D eigenvalue weighted by atomic mass is 32.1. The monoisotopic (exact) mass is 322 g/mol. The fourth-order valence-corrected chi connectivity index (χ4v) is 3.24. The number of nitrogens with one attached hydrogen (secondary N) is 2. The van der Waals surface area contributed by atoms with Crippen molar-refractivity contribution in [2.45, 2.75) is 13.0 Å². The fourth-order valence-electron chi connectivity index (χ4n) is 2.52. The predicted octanol–water partition coefficient (Wildman–Crippen LogP) is 3.66. The van der Waals surface area contributed by atoms with Crippen LogP contribution in [0.4, 0.5) is 0 Å². The number of aromatic amines is 1. The van der Waals surface area contributed by atoms with Crippen molar-refractivity contribution in [2.75, 3.05) is 0 Å².